The minimum absolute atomic E-state index is 0. The van der Waals surface area contributed by atoms with Crippen molar-refractivity contribution in [1.82, 2.24) is 20.4 Å². The molecule has 26 heavy (non-hydrogen) atoms. The summed E-state index contributed by atoms with van der Waals surface area (Å²) in [4.78, 5) is 12.8. The van der Waals surface area contributed by atoms with E-state index in [0.29, 0.717) is 13.1 Å². The number of hydrogen-bond acceptors (Lipinski definition) is 3. The van der Waals surface area contributed by atoms with Gasteiger partial charge in [-0.05, 0) is 36.1 Å². The molecule has 5 nitrogen and oxygen atoms in total. The fourth-order valence-electron chi connectivity index (χ4n) is 3.85. The highest BCUT2D eigenvalue weighted by atomic mass is 35.5. The van der Waals surface area contributed by atoms with Crippen molar-refractivity contribution in [3.63, 3.8) is 0 Å². The summed E-state index contributed by atoms with van der Waals surface area (Å²) in [5.74, 6) is -0.0462. The summed E-state index contributed by atoms with van der Waals surface area (Å²) in [6, 6.07) is 6.67. The SMILES string of the molecule is Cl.Cn1cc([C@H]2CNC[C@@H]2C(=O)NCC2(c3ccc(F)cc3)CC2)cn1. The van der Waals surface area contributed by atoms with Gasteiger partial charge < -0.3 is 10.6 Å². The van der Waals surface area contributed by atoms with Crippen LogP contribution in [-0.2, 0) is 17.3 Å². The van der Waals surface area contributed by atoms with E-state index in [-0.39, 0.29) is 41.4 Å². The first kappa shape index (κ1) is 18.9. The van der Waals surface area contributed by atoms with Crippen molar-refractivity contribution in [2.24, 2.45) is 13.0 Å². The van der Waals surface area contributed by atoms with E-state index in [2.05, 4.69) is 15.7 Å². The van der Waals surface area contributed by atoms with Gasteiger partial charge in [-0.2, -0.15) is 5.10 Å². The Bertz CT molecular complexity index is 772. The first-order chi connectivity index (χ1) is 12.1. The maximum Gasteiger partial charge on any atom is 0.225 e. The Hall–Kier alpha value is -1.92. The highest BCUT2D eigenvalue weighted by Gasteiger charge is 2.45. The van der Waals surface area contributed by atoms with Gasteiger partial charge in [0.25, 0.3) is 0 Å². The minimum atomic E-state index is -0.222. The Morgan fingerprint density at radius 1 is 1.35 bits per heavy atom. The van der Waals surface area contributed by atoms with Crippen LogP contribution < -0.4 is 10.6 Å². The number of aryl methyl sites for hydroxylation is 1. The van der Waals surface area contributed by atoms with Gasteiger partial charge in [-0.15, -0.1) is 12.4 Å². The standard InChI is InChI=1S/C19H23FN4O.ClH/c1-24-11-13(8-23-24)16-9-21-10-17(16)18(25)22-12-19(6-7-19)14-2-4-15(20)5-3-14;/h2-5,8,11,16-17,21H,6-7,9-10,12H2,1H3,(H,22,25);1H/t16-,17+;/m1./s1. The van der Waals surface area contributed by atoms with Crippen LogP contribution in [0.15, 0.2) is 36.7 Å². The van der Waals surface area contributed by atoms with Gasteiger partial charge in [0.2, 0.25) is 5.91 Å². The molecule has 1 aliphatic heterocycles. The topological polar surface area (TPSA) is 59.0 Å². The maximum atomic E-state index is 13.1. The van der Waals surface area contributed by atoms with E-state index in [0.717, 1.165) is 30.5 Å². The van der Waals surface area contributed by atoms with Gasteiger partial charge in [-0.3, -0.25) is 9.48 Å². The summed E-state index contributed by atoms with van der Waals surface area (Å²) >= 11 is 0. The van der Waals surface area contributed by atoms with E-state index in [1.165, 1.54) is 12.1 Å². The Labute approximate surface area is 158 Å². The number of nitrogens with one attached hydrogen (secondary N) is 2. The molecule has 7 heteroatoms. The summed E-state index contributed by atoms with van der Waals surface area (Å²) in [6.07, 6.45) is 5.90. The summed E-state index contributed by atoms with van der Waals surface area (Å²) in [5, 5.41) is 10.7. The molecule has 0 unspecified atom stereocenters. The predicted octanol–water partition coefficient (Wildman–Crippen LogP) is 2.13. The van der Waals surface area contributed by atoms with Crippen molar-refractivity contribution in [1.29, 1.82) is 0 Å². The smallest absolute Gasteiger partial charge is 0.225 e. The van der Waals surface area contributed by atoms with Gasteiger partial charge in [0.15, 0.2) is 0 Å². The van der Waals surface area contributed by atoms with Crippen LogP contribution in [0.5, 0.6) is 0 Å². The zero-order valence-electron chi connectivity index (χ0n) is 14.7. The van der Waals surface area contributed by atoms with Gasteiger partial charge in [0, 0.05) is 44.2 Å². The molecule has 1 aromatic heterocycles. The lowest BCUT2D eigenvalue weighted by molar-refractivity contribution is -0.124. The van der Waals surface area contributed by atoms with E-state index >= 15 is 0 Å². The van der Waals surface area contributed by atoms with E-state index in [9.17, 15) is 9.18 Å². The van der Waals surface area contributed by atoms with Crippen molar-refractivity contribution >= 4 is 18.3 Å². The Balaban J connectivity index is 0.00000196. The molecule has 1 aliphatic carbocycles. The highest BCUT2D eigenvalue weighted by Crippen LogP contribution is 2.47. The average molecular weight is 379 g/mol. The van der Waals surface area contributed by atoms with E-state index < -0.39 is 0 Å². The van der Waals surface area contributed by atoms with Gasteiger partial charge >= 0.3 is 0 Å². The molecule has 0 spiro atoms. The zero-order chi connectivity index (χ0) is 17.4. The summed E-state index contributed by atoms with van der Waals surface area (Å²) in [7, 11) is 1.89. The van der Waals surface area contributed by atoms with E-state index in [1.54, 1.807) is 4.68 Å². The minimum Gasteiger partial charge on any atom is -0.355 e. The number of benzene rings is 1. The number of aromatic nitrogens is 2. The lowest BCUT2D eigenvalue weighted by Crippen LogP contribution is -2.38. The van der Waals surface area contributed by atoms with Gasteiger partial charge in [0.1, 0.15) is 5.82 Å². The fourth-order valence-corrected chi connectivity index (χ4v) is 3.85. The molecular weight excluding hydrogens is 355 g/mol. The third-order valence-electron chi connectivity index (χ3n) is 5.62. The summed E-state index contributed by atoms with van der Waals surface area (Å²) in [6.45, 7) is 2.11. The Morgan fingerprint density at radius 2 is 2.08 bits per heavy atom. The number of carbonyl (C=O) groups excluding carboxylic acids is 1. The first-order valence-corrected chi connectivity index (χ1v) is 8.80. The average Bonchev–Trinajstić information content (AvgIpc) is 3.03. The number of halogens is 2. The van der Waals surface area contributed by atoms with Crippen molar-refractivity contribution in [3.8, 4) is 0 Å². The molecule has 2 atom stereocenters. The second-order valence-electron chi connectivity index (χ2n) is 7.32. The predicted molar refractivity (Wildman–Crippen MR) is 99.9 cm³/mol. The maximum absolute atomic E-state index is 13.1. The molecule has 2 aliphatic rings. The molecule has 140 valence electrons. The van der Waals surface area contributed by atoms with Crippen molar-refractivity contribution in [3.05, 3.63) is 53.6 Å². The quantitative estimate of drug-likeness (QED) is 0.838. The third-order valence-corrected chi connectivity index (χ3v) is 5.62. The highest BCUT2D eigenvalue weighted by molar-refractivity contribution is 5.85. The molecule has 4 rings (SSSR count). The molecule has 1 aromatic carbocycles. The molecule has 2 aromatic rings. The van der Waals surface area contributed by atoms with Crippen LogP contribution in [0.1, 0.15) is 29.9 Å². The molecule has 0 radical (unpaired) electrons. The van der Waals surface area contributed by atoms with E-state index in [1.807, 2.05) is 31.6 Å². The molecule has 2 fully saturated rings. The number of carbonyl (C=O) groups is 1. The molecule has 2 heterocycles. The lowest BCUT2D eigenvalue weighted by atomic mass is 9.89. The Kier molecular flexibility index (Phi) is 5.34. The van der Waals surface area contributed by atoms with Crippen LogP contribution in [0.25, 0.3) is 0 Å². The van der Waals surface area contributed by atoms with Crippen LogP contribution in [0.3, 0.4) is 0 Å². The molecule has 1 saturated carbocycles. The van der Waals surface area contributed by atoms with E-state index in [4.69, 9.17) is 0 Å². The van der Waals surface area contributed by atoms with Crippen molar-refractivity contribution in [2.75, 3.05) is 19.6 Å². The molecule has 2 N–H and O–H groups in total. The second kappa shape index (κ2) is 7.37. The largest absolute Gasteiger partial charge is 0.355 e. The number of rotatable bonds is 5. The molecule has 0 bridgehead atoms. The van der Waals surface area contributed by atoms with Crippen LogP contribution in [0, 0.1) is 11.7 Å². The third kappa shape index (κ3) is 3.62. The van der Waals surface area contributed by atoms with Crippen LogP contribution in [-0.4, -0.2) is 35.3 Å². The Morgan fingerprint density at radius 3 is 2.69 bits per heavy atom. The van der Waals surface area contributed by atoms with Crippen molar-refractivity contribution in [2.45, 2.75) is 24.2 Å². The molecule has 1 amide bonds. The summed E-state index contributed by atoms with van der Waals surface area (Å²) in [5.41, 5.74) is 2.20. The lowest BCUT2D eigenvalue weighted by Gasteiger charge is -2.21. The normalized spacial score (nSPS) is 23.3. The van der Waals surface area contributed by atoms with Crippen LogP contribution in [0.2, 0.25) is 0 Å². The number of amides is 1. The first-order valence-electron chi connectivity index (χ1n) is 8.80. The fraction of sp³-hybridized carbons (Fsp3) is 0.474. The summed E-state index contributed by atoms with van der Waals surface area (Å²) < 4.78 is 14.9. The molecule has 1 saturated heterocycles. The molecular formula is C19H24ClFN4O. The van der Waals surface area contributed by atoms with Crippen LogP contribution >= 0.6 is 12.4 Å². The zero-order valence-corrected chi connectivity index (χ0v) is 15.6. The number of nitrogens with zero attached hydrogens (tertiary/aromatic N) is 2. The van der Waals surface area contributed by atoms with Gasteiger partial charge in [-0.1, -0.05) is 12.1 Å². The van der Waals surface area contributed by atoms with Gasteiger partial charge in [-0.25, -0.2) is 4.39 Å². The van der Waals surface area contributed by atoms with Crippen LogP contribution in [0.4, 0.5) is 4.39 Å². The monoisotopic (exact) mass is 378 g/mol. The number of hydrogen-bond donors (Lipinski definition) is 2. The second-order valence-corrected chi connectivity index (χ2v) is 7.32. The van der Waals surface area contributed by atoms with Gasteiger partial charge in [0.05, 0.1) is 12.1 Å². The van der Waals surface area contributed by atoms with Crippen molar-refractivity contribution < 1.29 is 9.18 Å².